The summed E-state index contributed by atoms with van der Waals surface area (Å²) in [6, 6.07) is -0.146. The van der Waals surface area contributed by atoms with Crippen LogP contribution in [0.5, 0.6) is 0 Å². The number of amides is 1. The van der Waals surface area contributed by atoms with Gasteiger partial charge in [0.05, 0.1) is 20.5 Å². The van der Waals surface area contributed by atoms with Crippen LogP contribution < -0.4 is 10.0 Å². The van der Waals surface area contributed by atoms with Crippen molar-refractivity contribution in [3.63, 3.8) is 0 Å². The molecular weight excluding hydrogens is 607 g/mol. The Morgan fingerprint density at radius 3 is 2.41 bits per heavy atom. The highest BCUT2D eigenvalue weighted by atomic mass is 35.5. The van der Waals surface area contributed by atoms with Gasteiger partial charge in [-0.1, -0.05) is 40.6 Å². The SMILES string of the molecule is C[C@H](NS(=O)(=O)c1ccc(-c2sc(NCCC(C)(C)O)nc2C(=O)N2CCC(F)CC2)c(Cl)c1Cl)C(F)(F)F. The van der Waals surface area contributed by atoms with Crippen LogP contribution in [0.2, 0.25) is 10.0 Å². The lowest BCUT2D eigenvalue weighted by Gasteiger charge is -2.28. The van der Waals surface area contributed by atoms with Crippen molar-refractivity contribution >= 4 is 55.6 Å². The molecule has 218 valence electrons. The normalized spacial score (nSPS) is 16.4. The summed E-state index contributed by atoms with van der Waals surface area (Å²) in [7, 11) is -4.71. The van der Waals surface area contributed by atoms with Crippen molar-refractivity contribution in [1.29, 1.82) is 0 Å². The first-order chi connectivity index (χ1) is 17.9. The molecule has 2 aromatic rings. The predicted octanol–water partition coefficient (Wildman–Crippen LogP) is 5.49. The number of anilines is 1. The van der Waals surface area contributed by atoms with Crippen LogP contribution in [-0.2, 0) is 10.0 Å². The van der Waals surface area contributed by atoms with Crippen LogP contribution in [0.4, 0.5) is 22.7 Å². The van der Waals surface area contributed by atoms with Crippen molar-refractivity contribution in [2.45, 2.75) is 68.9 Å². The predicted molar refractivity (Wildman–Crippen MR) is 143 cm³/mol. The smallest absolute Gasteiger partial charge is 0.390 e. The van der Waals surface area contributed by atoms with Crippen LogP contribution in [-0.4, -0.2) is 72.9 Å². The summed E-state index contributed by atoms with van der Waals surface area (Å²) in [5, 5.41) is 12.5. The van der Waals surface area contributed by atoms with Gasteiger partial charge in [0.1, 0.15) is 22.8 Å². The van der Waals surface area contributed by atoms with E-state index in [1.807, 2.05) is 0 Å². The molecule has 1 aromatic heterocycles. The molecule has 0 unspecified atom stereocenters. The number of piperidine rings is 1. The molecule has 3 N–H and O–H groups in total. The van der Waals surface area contributed by atoms with Crippen molar-refractivity contribution in [3.05, 3.63) is 27.9 Å². The summed E-state index contributed by atoms with van der Waals surface area (Å²) in [4.78, 5) is 18.8. The van der Waals surface area contributed by atoms with E-state index in [-0.39, 0.29) is 47.1 Å². The van der Waals surface area contributed by atoms with Crippen LogP contribution in [0.3, 0.4) is 0 Å². The van der Waals surface area contributed by atoms with Crippen molar-refractivity contribution in [3.8, 4) is 10.4 Å². The number of hydrogen-bond acceptors (Lipinski definition) is 7. The van der Waals surface area contributed by atoms with Gasteiger partial charge in [0, 0.05) is 25.2 Å². The molecule has 0 saturated carbocycles. The zero-order valence-corrected chi connectivity index (χ0v) is 24.3. The molecule has 0 spiro atoms. The second kappa shape index (κ2) is 12.0. The molecule has 1 aromatic carbocycles. The number of aliphatic hydroxyl groups is 1. The number of aromatic nitrogens is 1. The molecule has 0 radical (unpaired) electrons. The van der Waals surface area contributed by atoms with Crippen molar-refractivity contribution < 1.29 is 35.9 Å². The minimum absolute atomic E-state index is 0.0274. The average Bonchev–Trinajstić information content (AvgIpc) is 3.22. The van der Waals surface area contributed by atoms with Crippen molar-refractivity contribution in [1.82, 2.24) is 14.6 Å². The number of nitrogens with one attached hydrogen (secondary N) is 2. The van der Waals surface area contributed by atoms with E-state index in [4.69, 9.17) is 23.2 Å². The Hall–Kier alpha value is -1.71. The molecule has 1 aliphatic rings. The molecular formula is C23H28Cl2F4N4O4S2. The van der Waals surface area contributed by atoms with E-state index < -0.39 is 49.8 Å². The Balaban J connectivity index is 2.01. The Morgan fingerprint density at radius 2 is 1.85 bits per heavy atom. The molecule has 8 nitrogen and oxygen atoms in total. The Bertz CT molecular complexity index is 1310. The number of hydrogen-bond donors (Lipinski definition) is 3. The molecule has 0 bridgehead atoms. The number of sulfonamides is 1. The summed E-state index contributed by atoms with van der Waals surface area (Å²) in [5.41, 5.74) is -0.847. The number of rotatable bonds is 9. The van der Waals surface area contributed by atoms with Gasteiger partial charge in [-0.15, -0.1) is 0 Å². The summed E-state index contributed by atoms with van der Waals surface area (Å²) in [6.07, 6.45) is -5.14. The van der Waals surface area contributed by atoms with Crippen LogP contribution in [0, 0.1) is 0 Å². The number of carbonyl (C=O) groups is 1. The van der Waals surface area contributed by atoms with Gasteiger partial charge < -0.3 is 15.3 Å². The lowest BCUT2D eigenvalue weighted by atomic mass is 10.1. The second-order valence-electron chi connectivity index (χ2n) is 9.78. The first kappa shape index (κ1) is 31.8. The lowest BCUT2D eigenvalue weighted by Crippen LogP contribution is -2.43. The largest absolute Gasteiger partial charge is 0.404 e. The average molecular weight is 636 g/mol. The van der Waals surface area contributed by atoms with E-state index >= 15 is 0 Å². The Labute approximate surface area is 237 Å². The fourth-order valence-corrected chi connectivity index (χ4v) is 6.84. The van der Waals surface area contributed by atoms with Crippen LogP contribution in [0.15, 0.2) is 17.0 Å². The first-order valence-electron chi connectivity index (χ1n) is 11.9. The van der Waals surface area contributed by atoms with Gasteiger partial charge >= 0.3 is 6.18 Å². The van der Waals surface area contributed by atoms with E-state index in [0.717, 1.165) is 17.4 Å². The van der Waals surface area contributed by atoms with Crippen LogP contribution >= 0.6 is 34.5 Å². The quantitative estimate of drug-likeness (QED) is 0.314. The lowest BCUT2D eigenvalue weighted by molar-refractivity contribution is -0.147. The summed E-state index contributed by atoms with van der Waals surface area (Å²) in [6.45, 7) is 4.57. The van der Waals surface area contributed by atoms with Gasteiger partial charge in [-0.3, -0.25) is 4.79 Å². The number of likely N-dealkylation sites (tertiary alicyclic amines) is 1. The third-order valence-corrected chi connectivity index (χ3v) is 9.58. The van der Waals surface area contributed by atoms with Crippen molar-refractivity contribution in [2.24, 2.45) is 0 Å². The fourth-order valence-electron chi connectivity index (χ4n) is 3.68. The number of carbonyl (C=O) groups excluding carboxylic acids is 1. The van der Waals surface area contributed by atoms with E-state index in [0.29, 0.717) is 25.0 Å². The van der Waals surface area contributed by atoms with Crippen LogP contribution in [0.25, 0.3) is 10.4 Å². The zero-order valence-electron chi connectivity index (χ0n) is 21.2. The number of benzene rings is 1. The van der Waals surface area contributed by atoms with Crippen LogP contribution in [0.1, 0.15) is 50.5 Å². The highest BCUT2D eigenvalue weighted by Gasteiger charge is 2.39. The summed E-state index contributed by atoms with van der Waals surface area (Å²) < 4.78 is 79.3. The Kier molecular flexibility index (Phi) is 9.81. The van der Waals surface area contributed by atoms with E-state index in [9.17, 15) is 35.9 Å². The molecule has 2 heterocycles. The molecule has 1 aliphatic heterocycles. The van der Waals surface area contributed by atoms with E-state index in [1.165, 1.54) is 15.7 Å². The molecule has 1 amide bonds. The standard InChI is InChI=1S/C23H28Cl2F4N4O4S2/c1-12(23(27,28)29)32-39(36,37)15-5-4-14(16(24)17(15)25)19-18(20(34)33-10-6-13(26)7-11-33)31-21(38-19)30-9-8-22(2,3)35/h4-5,12-13,32,35H,6-11H2,1-3H3,(H,30,31)/t12-/m0/s1. The topological polar surface area (TPSA) is 112 Å². The number of halogens is 6. The maximum atomic E-state index is 13.7. The first-order valence-corrected chi connectivity index (χ1v) is 14.9. The highest BCUT2D eigenvalue weighted by molar-refractivity contribution is 7.89. The van der Waals surface area contributed by atoms with Gasteiger partial charge in [-0.2, -0.15) is 17.9 Å². The maximum Gasteiger partial charge on any atom is 0.404 e. The van der Waals surface area contributed by atoms with E-state index in [2.05, 4.69) is 10.3 Å². The molecule has 3 rings (SSSR count). The minimum Gasteiger partial charge on any atom is -0.390 e. The highest BCUT2D eigenvalue weighted by Crippen LogP contribution is 2.43. The number of alkyl halides is 4. The molecule has 16 heteroatoms. The van der Waals surface area contributed by atoms with Gasteiger partial charge in [-0.25, -0.2) is 17.8 Å². The third-order valence-electron chi connectivity index (χ3n) is 5.96. The number of nitrogens with zero attached hydrogens (tertiary/aromatic N) is 2. The molecule has 1 atom stereocenters. The Morgan fingerprint density at radius 1 is 1.23 bits per heavy atom. The molecule has 1 fully saturated rings. The van der Waals surface area contributed by atoms with Gasteiger partial charge in [0.25, 0.3) is 5.91 Å². The fraction of sp³-hybridized carbons (Fsp3) is 0.565. The third kappa shape index (κ3) is 7.94. The molecule has 39 heavy (non-hydrogen) atoms. The zero-order chi connectivity index (χ0) is 29.3. The van der Waals surface area contributed by atoms with Gasteiger partial charge in [0.2, 0.25) is 10.0 Å². The maximum absolute atomic E-state index is 13.7. The van der Waals surface area contributed by atoms with Crippen molar-refractivity contribution in [2.75, 3.05) is 25.0 Å². The monoisotopic (exact) mass is 634 g/mol. The minimum atomic E-state index is -4.83. The second-order valence-corrected chi connectivity index (χ2v) is 13.2. The molecule has 0 aliphatic carbocycles. The van der Waals surface area contributed by atoms with Gasteiger partial charge in [-0.05, 0) is 46.1 Å². The number of thiazole rings is 1. The van der Waals surface area contributed by atoms with E-state index in [1.54, 1.807) is 13.8 Å². The summed E-state index contributed by atoms with van der Waals surface area (Å²) >= 11 is 13.7. The van der Waals surface area contributed by atoms with Gasteiger partial charge in [0.15, 0.2) is 5.13 Å². The summed E-state index contributed by atoms with van der Waals surface area (Å²) in [5.74, 6) is -0.492. The molecule has 1 saturated heterocycles.